The average molecular weight is 460 g/mol. The molecular formula is C25H29N7O2. The highest BCUT2D eigenvalue weighted by atomic mass is 16.5. The monoisotopic (exact) mass is 459 g/mol. The lowest BCUT2D eigenvalue weighted by Crippen LogP contribution is -2.56. The lowest BCUT2D eigenvalue weighted by Gasteiger charge is -2.41. The number of carbonyl (C=O) groups excluding carboxylic acids is 1. The number of fused-ring (bicyclic) bond motifs is 3. The van der Waals surface area contributed by atoms with Gasteiger partial charge < -0.3 is 10.1 Å². The summed E-state index contributed by atoms with van der Waals surface area (Å²) in [5.74, 6) is 0.915. The molecule has 9 heteroatoms. The Morgan fingerprint density at radius 1 is 1.12 bits per heavy atom. The largest absolute Gasteiger partial charge is 0.473 e. The maximum atomic E-state index is 13.2. The molecule has 0 aliphatic carbocycles. The number of anilines is 1. The third kappa shape index (κ3) is 3.55. The Morgan fingerprint density at radius 2 is 1.88 bits per heavy atom. The van der Waals surface area contributed by atoms with E-state index >= 15 is 0 Å². The number of carbonyl (C=O) groups is 1. The van der Waals surface area contributed by atoms with Crippen molar-refractivity contribution in [3.63, 3.8) is 0 Å². The van der Waals surface area contributed by atoms with Crippen molar-refractivity contribution in [3.05, 3.63) is 47.4 Å². The highest BCUT2D eigenvalue weighted by Gasteiger charge is 2.49. The van der Waals surface area contributed by atoms with Gasteiger partial charge in [0.2, 0.25) is 5.88 Å². The molecule has 3 aliphatic heterocycles. The molecule has 6 rings (SSSR count). The highest BCUT2D eigenvalue weighted by Crippen LogP contribution is 2.43. The summed E-state index contributed by atoms with van der Waals surface area (Å²) in [7, 11) is 1.87. The van der Waals surface area contributed by atoms with Crippen LogP contribution in [0.4, 0.5) is 5.82 Å². The predicted molar refractivity (Wildman–Crippen MR) is 127 cm³/mol. The molecule has 0 aromatic carbocycles. The molecule has 1 amide bonds. The summed E-state index contributed by atoms with van der Waals surface area (Å²) in [6.45, 7) is 6.91. The van der Waals surface area contributed by atoms with Crippen LogP contribution in [0.2, 0.25) is 0 Å². The molecule has 6 heterocycles. The minimum Gasteiger partial charge on any atom is -0.473 e. The van der Waals surface area contributed by atoms with Crippen LogP contribution in [0.5, 0.6) is 5.88 Å². The molecule has 9 nitrogen and oxygen atoms in total. The van der Waals surface area contributed by atoms with Gasteiger partial charge in [0.05, 0.1) is 17.9 Å². The maximum absolute atomic E-state index is 13.2. The zero-order valence-electron chi connectivity index (χ0n) is 20.0. The zero-order valence-corrected chi connectivity index (χ0v) is 20.0. The summed E-state index contributed by atoms with van der Waals surface area (Å²) >= 11 is 0. The number of hydrogen-bond donors (Lipinski definition) is 1. The molecule has 3 aromatic heterocycles. The van der Waals surface area contributed by atoms with Gasteiger partial charge in [-0.2, -0.15) is 5.10 Å². The van der Waals surface area contributed by atoms with Crippen LogP contribution < -0.4 is 15.0 Å². The van der Waals surface area contributed by atoms with E-state index in [9.17, 15) is 4.79 Å². The summed E-state index contributed by atoms with van der Waals surface area (Å²) in [5, 5.41) is 16.8. The lowest BCUT2D eigenvalue weighted by molar-refractivity contribution is 0.0753. The van der Waals surface area contributed by atoms with Gasteiger partial charge in [-0.15, -0.1) is 10.2 Å². The van der Waals surface area contributed by atoms with Gasteiger partial charge in [0.25, 0.3) is 5.91 Å². The second-order valence-corrected chi connectivity index (χ2v) is 10.5. The number of aryl methyl sites for hydroxylation is 2. The standard InChI is InChI=1S/C25H29N7O2/c1-15-19(14-31(4)29-15)20-9-18-16(12-26-20)13-32(23(18)33)21-5-6-22(28-27-21)34-17-10-24(2)7-8-25(3,11-17)30-24/h5-6,9,12,14,17,30H,7-8,10-11,13H2,1-4H3. The van der Waals surface area contributed by atoms with E-state index in [1.807, 2.05) is 38.4 Å². The van der Waals surface area contributed by atoms with E-state index in [4.69, 9.17) is 4.74 Å². The number of rotatable bonds is 4. The number of aromatic nitrogens is 5. The molecule has 2 saturated heterocycles. The summed E-state index contributed by atoms with van der Waals surface area (Å²) in [5.41, 5.74) is 4.31. The predicted octanol–water partition coefficient (Wildman–Crippen LogP) is 3.18. The summed E-state index contributed by atoms with van der Waals surface area (Å²) in [6, 6.07) is 5.47. The van der Waals surface area contributed by atoms with Crippen molar-refractivity contribution in [1.29, 1.82) is 0 Å². The lowest BCUT2D eigenvalue weighted by atomic mass is 9.86. The molecule has 34 heavy (non-hydrogen) atoms. The Kier molecular flexibility index (Phi) is 4.58. The number of hydrogen-bond acceptors (Lipinski definition) is 7. The van der Waals surface area contributed by atoms with Crippen molar-refractivity contribution in [2.45, 2.75) is 70.2 Å². The smallest absolute Gasteiger partial charge is 0.260 e. The number of ether oxygens (including phenoxy) is 1. The van der Waals surface area contributed by atoms with Gasteiger partial charge in [-0.1, -0.05) is 0 Å². The Morgan fingerprint density at radius 3 is 2.53 bits per heavy atom. The number of piperidine rings is 1. The number of amides is 1. The Balaban J connectivity index is 1.18. The Hall–Kier alpha value is -3.33. The third-order valence-corrected chi connectivity index (χ3v) is 7.46. The summed E-state index contributed by atoms with van der Waals surface area (Å²) in [4.78, 5) is 19.4. The van der Waals surface area contributed by atoms with Crippen LogP contribution in [0.15, 0.2) is 30.6 Å². The van der Waals surface area contributed by atoms with Crippen LogP contribution >= 0.6 is 0 Å². The molecular weight excluding hydrogens is 430 g/mol. The fourth-order valence-corrected chi connectivity index (χ4v) is 5.94. The first-order valence-electron chi connectivity index (χ1n) is 11.8. The van der Waals surface area contributed by atoms with Crippen molar-refractivity contribution in [3.8, 4) is 17.1 Å². The first-order valence-corrected chi connectivity index (χ1v) is 11.8. The molecule has 0 radical (unpaired) electrons. The van der Waals surface area contributed by atoms with Crippen molar-refractivity contribution in [1.82, 2.24) is 30.3 Å². The van der Waals surface area contributed by atoms with E-state index in [1.165, 1.54) is 12.8 Å². The van der Waals surface area contributed by atoms with Crippen LogP contribution in [0.1, 0.15) is 61.1 Å². The Labute approximate surface area is 198 Å². The van der Waals surface area contributed by atoms with Crippen molar-refractivity contribution >= 4 is 11.7 Å². The van der Waals surface area contributed by atoms with Crippen LogP contribution in [-0.4, -0.2) is 48.1 Å². The van der Waals surface area contributed by atoms with E-state index in [0.29, 0.717) is 23.8 Å². The molecule has 2 fully saturated rings. The van der Waals surface area contributed by atoms with Gasteiger partial charge in [0.15, 0.2) is 5.82 Å². The highest BCUT2D eigenvalue weighted by molar-refractivity contribution is 6.09. The van der Waals surface area contributed by atoms with Crippen molar-refractivity contribution in [2.75, 3.05) is 4.90 Å². The summed E-state index contributed by atoms with van der Waals surface area (Å²) < 4.78 is 7.97. The first kappa shape index (κ1) is 21.2. The maximum Gasteiger partial charge on any atom is 0.260 e. The molecule has 2 atom stereocenters. The van der Waals surface area contributed by atoms with Gasteiger partial charge in [-0.25, -0.2) is 0 Å². The van der Waals surface area contributed by atoms with E-state index < -0.39 is 0 Å². The van der Waals surface area contributed by atoms with Crippen LogP contribution in [0.3, 0.4) is 0 Å². The van der Waals surface area contributed by atoms with Gasteiger partial charge in [0.1, 0.15) is 6.10 Å². The Bertz CT molecular complexity index is 1270. The third-order valence-electron chi connectivity index (χ3n) is 7.46. The summed E-state index contributed by atoms with van der Waals surface area (Å²) in [6.07, 6.45) is 8.05. The molecule has 3 aliphatic rings. The molecule has 2 bridgehead atoms. The second kappa shape index (κ2) is 7.33. The minimum absolute atomic E-state index is 0.0982. The number of nitrogens with one attached hydrogen (secondary N) is 1. The fourth-order valence-electron chi connectivity index (χ4n) is 5.94. The van der Waals surface area contributed by atoms with E-state index in [0.717, 1.165) is 35.4 Å². The molecule has 3 aromatic rings. The quantitative estimate of drug-likeness (QED) is 0.640. The molecule has 1 N–H and O–H groups in total. The fraction of sp³-hybridized carbons (Fsp3) is 0.480. The molecule has 176 valence electrons. The van der Waals surface area contributed by atoms with Gasteiger partial charge in [0, 0.05) is 66.1 Å². The normalized spacial score (nSPS) is 27.8. The minimum atomic E-state index is -0.0982. The van der Waals surface area contributed by atoms with Gasteiger partial charge >= 0.3 is 0 Å². The first-order chi connectivity index (χ1) is 16.2. The van der Waals surface area contributed by atoms with Crippen molar-refractivity contribution in [2.24, 2.45) is 7.05 Å². The van der Waals surface area contributed by atoms with E-state index in [2.05, 4.69) is 39.4 Å². The van der Waals surface area contributed by atoms with Crippen molar-refractivity contribution < 1.29 is 9.53 Å². The topological polar surface area (TPSA) is 98.1 Å². The average Bonchev–Trinajstić information content (AvgIpc) is 3.38. The molecule has 0 spiro atoms. The van der Waals surface area contributed by atoms with E-state index in [-0.39, 0.29) is 23.1 Å². The number of nitrogens with zero attached hydrogens (tertiary/aromatic N) is 6. The van der Waals surface area contributed by atoms with Crippen LogP contribution in [0.25, 0.3) is 11.3 Å². The van der Waals surface area contributed by atoms with Crippen LogP contribution in [-0.2, 0) is 13.6 Å². The van der Waals surface area contributed by atoms with E-state index in [1.54, 1.807) is 15.8 Å². The van der Waals surface area contributed by atoms with Gasteiger partial charge in [-0.3, -0.25) is 19.4 Å². The van der Waals surface area contributed by atoms with Gasteiger partial charge in [-0.05, 0) is 45.7 Å². The second-order valence-electron chi connectivity index (χ2n) is 10.5. The molecule has 2 unspecified atom stereocenters. The molecule has 0 saturated carbocycles. The number of pyridine rings is 1. The van der Waals surface area contributed by atoms with Crippen LogP contribution in [0, 0.1) is 6.92 Å². The zero-order chi connectivity index (χ0) is 23.7. The SMILES string of the molecule is Cc1nn(C)cc1-c1cc2c(cn1)CN(c1ccc(OC3CC4(C)CCC(C)(C3)N4)nn1)C2=O.